The monoisotopic (exact) mass is 422 g/mol. The van der Waals surface area contributed by atoms with E-state index in [0.717, 1.165) is 62.5 Å². The van der Waals surface area contributed by atoms with Crippen LogP contribution in [-0.4, -0.2) is 30.7 Å². The third-order valence-electron chi connectivity index (χ3n) is 4.52. The van der Waals surface area contributed by atoms with Gasteiger partial charge in [0.25, 0.3) is 5.56 Å². The first kappa shape index (κ1) is 22.3. The Hall–Kier alpha value is -1.98. The molecule has 0 amide bonds. The number of hydrogen-bond donors (Lipinski definition) is 2. The summed E-state index contributed by atoms with van der Waals surface area (Å²) in [6.07, 6.45) is 3.72. The molecular formula is C21H28Cl2N4O. The van der Waals surface area contributed by atoms with Crippen LogP contribution in [-0.2, 0) is 13.0 Å². The van der Waals surface area contributed by atoms with Crippen LogP contribution in [0.5, 0.6) is 0 Å². The zero-order valence-corrected chi connectivity index (χ0v) is 18.0. The van der Waals surface area contributed by atoms with Gasteiger partial charge in [0.2, 0.25) is 0 Å². The van der Waals surface area contributed by atoms with Crippen LogP contribution in [0.1, 0.15) is 30.5 Å². The summed E-state index contributed by atoms with van der Waals surface area (Å²) in [6.45, 7) is 4.31. The van der Waals surface area contributed by atoms with Gasteiger partial charge < -0.3 is 15.2 Å². The van der Waals surface area contributed by atoms with Crippen LogP contribution in [0.4, 0.5) is 0 Å². The van der Waals surface area contributed by atoms with Gasteiger partial charge in [-0.3, -0.25) is 9.79 Å². The summed E-state index contributed by atoms with van der Waals surface area (Å²) in [6, 6.07) is 11.0. The fourth-order valence-corrected chi connectivity index (χ4v) is 3.45. The van der Waals surface area contributed by atoms with Crippen molar-refractivity contribution in [3.63, 3.8) is 0 Å². The van der Waals surface area contributed by atoms with Gasteiger partial charge in [-0.25, -0.2) is 0 Å². The lowest BCUT2D eigenvalue weighted by molar-refractivity contribution is 0.574. The summed E-state index contributed by atoms with van der Waals surface area (Å²) >= 11 is 12.1. The lowest BCUT2D eigenvalue weighted by Crippen LogP contribution is -2.38. The van der Waals surface area contributed by atoms with Crippen LogP contribution in [0.2, 0.25) is 10.0 Å². The third kappa shape index (κ3) is 7.21. The average molecular weight is 423 g/mol. The Morgan fingerprint density at radius 3 is 2.50 bits per heavy atom. The number of rotatable bonds is 9. The minimum absolute atomic E-state index is 0.0613. The van der Waals surface area contributed by atoms with Crippen molar-refractivity contribution >= 4 is 29.2 Å². The van der Waals surface area contributed by atoms with E-state index in [0.29, 0.717) is 10.0 Å². The molecule has 2 N–H and O–H groups in total. The summed E-state index contributed by atoms with van der Waals surface area (Å²) in [5.41, 5.74) is 2.16. The van der Waals surface area contributed by atoms with Gasteiger partial charge in [-0.15, -0.1) is 0 Å². The lowest BCUT2D eigenvalue weighted by atomic mass is 10.1. The van der Waals surface area contributed by atoms with Gasteiger partial charge in [-0.1, -0.05) is 35.3 Å². The average Bonchev–Trinajstić information content (AvgIpc) is 2.66. The van der Waals surface area contributed by atoms with Gasteiger partial charge in [0.15, 0.2) is 5.96 Å². The summed E-state index contributed by atoms with van der Waals surface area (Å²) in [7, 11) is 1.76. The standard InChI is InChI=1S/C21H28Cl2N4O/c1-16-7-5-9-20(28)27(16)14-4-3-12-25-21(24-2)26-13-6-8-17-10-11-18(22)15-19(17)23/h5,7,9-11,15H,3-4,6,8,12-14H2,1-2H3,(H2,24,25,26). The van der Waals surface area contributed by atoms with Crippen molar-refractivity contribution in [2.45, 2.75) is 39.2 Å². The van der Waals surface area contributed by atoms with E-state index in [-0.39, 0.29) is 5.56 Å². The minimum Gasteiger partial charge on any atom is -0.356 e. The quantitative estimate of drug-likeness (QED) is 0.364. The Morgan fingerprint density at radius 1 is 1.07 bits per heavy atom. The number of hydrogen-bond acceptors (Lipinski definition) is 2. The molecule has 0 spiro atoms. The molecule has 0 aliphatic rings. The van der Waals surface area contributed by atoms with Gasteiger partial charge in [-0.2, -0.15) is 0 Å². The van der Waals surface area contributed by atoms with E-state index in [1.165, 1.54) is 0 Å². The van der Waals surface area contributed by atoms with Crippen molar-refractivity contribution in [2.75, 3.05) is 20.1 Å². The topological polar surface area (TPSA) is 58.4 Å². The van der Waals surface area contributed by atoms with Crippen molar-refractivity contribution in [3.8, 4) is 0 Å². The molecule has 1 aromatic carbocycles. The number of nitrogens with one attached hydrogen (secondary N) is 2. The molecule has 5 nitrogen and oxygen atoms in total. The number of halogens is 2. The van der Waals surface area contributed by atoms with E-state index < -0.39 is 0 Å². The fraction of sp³-hybridized carbons (Fsp3) is 0.429. The van der Waals surface area contributed by atoms with Crippen LogP contribution in [0.3, 0.4) is 0 Å². The molecule has 28 heavy (non-hydrogen) atoms. The molecule has 0 radical (unpaired) electrons. The summed E-state index contributed by atoms with van der Waals surface area (Å²) in [5.74, 6) is 0.787. The van der Waals surface area contributed by atoms with E-state index in [1.54, 1.807) is 25.2 Å². The number of aromatic nitrogens is 1. The highest BCUT2D eigenvalue weighted by molar-refractivity contribution is 6.35. The molecule has 1 heterocycles. The molecule has 2 rings (SSSR count). The maximum Gasteiger partial charge on any atom is 0.250 e. The van der Waals surface area contributed by atoms with Gasteiger partial charge in [0.1, 0.15) is 0 Å². The number of benzene rings is 1. The first-order valence-corrected chi connectivity index (χ1v) is 10.3. The lowest BCUT2D eigenvalue weighted by Gasteiger charge is -2.13. The normalized spacial score (nSPS) is 11.5. The molecule has 0 bridgehead atoms. The number of pyridine rings is 1. The molecule has 152 valence electrons. The van der Waals surface area contributed by atoms with E-state index in [2.05, 4.69) is 15.6 Å². The Kier molecular flexibility index (Phi) is 9.38. The summed E-state index contributed by atoms with van der Waals surface area (Å²) in [5, 5.41) is 7.99. The van der Waals surface area contributed by atoms with Crippen LogP contribution in [0.25, 0.3) is 0 Å². The molecule has 7 heteroatoms. The van der Waals surface area contributed by atoms with Crippen molar-refractivity contribution in [1.29, 1.82) is 0 Å². The molecule has 0 aliphatic heterocycles. The Bertz CT molecular complexity index is 849. The molecule has 0 fully saturated rings. The maximum absolute atomic E-state index is 11.8. The zero-order valence-electron chi connectivity index (χ0n) is 16.5. The first-order valence-electron chi connectivity index (χ1n) is 9.56. The Balaban J connectivity index is 1.63. The Morgan fingerprint density at radius 2 is 1.82 bits per heavy atom. The number of aryl methyl sites for hydroxylation is 2. The van der Waals surface area contributed by atoms with Crippen LogP contribution in [0.15, 0.2) is 46.2 Å². The highest BCUT2D eigenvalue weighted by Gasteiger charge is 2.03. The number of aliphatic imine (C=N–C) groups is 1. The van der Waals surface area contributed by atoms with Crippen LogP contribution in [0, 0.1) is 6.92 Å². The van der Waals surface area contributed by atoms with Gasteiger partial charge in [0.05, 0.1) is 0 Å². The predicted molar refractivity (Wildman–Crippen MR) is 119 cm³/mol. The van der Waals surface area contributed by atoms with Gasteiger partial charge >= 0.3 is 0 Å². The summed E-state index contributed by atoms with van der Waals surface area (Å²) < 4.78 is 1.81. The van der Waals surface area contributed by atoms with Crippen molar-refractivity contribution in [1.82, 2.24) is 15.2 Å². The SMILES string of the molecule is CN=C(NCCCCn1c(C)cccc1=O)NCCCc1ccc(Cl)cc1Cl. The molecule has 0 aliphatic carbocycles. The first-order chi connectivity index (χ1) is 13.5. The highest BCUT2D eigenvalue weighted by Crippen LogP contribution is 2.21. The van der Waals surface area contributed by atoms with Crippen LogP contribution >= 0.6 is 23.2 Å². The van der Waals surface area contributed by atoms with Crippen molar-refractivity contribution < 1.29 is 0 Å². The predicted octanol–water partition coefficient (Wildman–Crippen LogP) is 4.04. The van der Waals surface area contributed by atoms with Gasteiger partial charge in [-0.05, 0) is 56.4 Å². The Labute approximate surface area is 176 Å². The maximum atomic E-state index is 11.8. The fourth-order valence-electron chi connectivity index (χ4n) is 2.94. The summed E-state index contributed by atoms with van der Waals surface area (Å²) in [4.78, 5) is 16.1. The second-order valence-corrected chi connectivity index (χ2v) is 7.47. The number of guanidine groups is 1. The second-order valence-electron chi connectivity index (χ2n) is 6.63. The van der Waals surface area contributed by atoms with E-state index in [9.17, 15) is 4.79 Å². The van der Waals surface area contributed by atoms with E-state index in [4.69, 9.17) is 23.2 Å². The molecular weight excluding hydrogens is 395 g/mol. The third-order valence-corrected chi connectivity index (χ3v) is 5.11. The molecule has 0 atom stereocenters. The van der Waals surface area contributed by atoms with E-state index in [1.807, 2.05) is 29.7 Å². The van der Waals surface area contributed by atoms with Gasteiger partial charge in [0, 0.05) is 48.5 Å². The van der Waals surface area contributed by atoms with Crippen molar-refractivity contribution in [3.05, 3.63) is 68.1 Å². The smallest absolute Gasteiger partial charge is 0.250 e. The van der Waals surface area contributed by atoms with E-state index >= 15 is 0 Å². The minimum atomic E-state index is 0.0613. The van der Waals surface area contributed by atoms with Crippen molar-refractivity contribution in [2.24, 2.45) is 4.99 Å². The molecule has 0 saturated heterocycles. The molecule has 2 aromatic rings. The molecule has 0 unspecified atom stereocenters. The number of nitrogens with zero attached hydrogens (tertiary/aromatic N) is 2. The highest BCUT2D eigenvalue weighted by atomic mass is 35.5. The molecule has 1 aromatic heterocycles. The molecule has 0 saturated carbocycles. The second kappa shape index (κ2) is 11.8. The largest absolute Gasteiger partial charge is 0.356 e. The van der Waals surface area contributed by atoms with Crippen LogP contribution < -0.4 is 16.2 Å². The number of unbranched alkanes of at least 4 members (excludes halogenated alkanes) is 1. The zero-order chi connectivity index (χ0) is 20.4.